The molecule has 1 amide bonds. The zero-order chi connectivity index (χ0) is 23.9. The summed E-state index contributed by atoms with van der Waals surface area (Å²) in [6.07, 6.45) is 9.08. The van der Waals surface area contributed by atoms with Crippen molar-refractivity contribution >= 4 is 11.7 Å². The summed E-state index contributed by atoms with van der Waals surface area (Å²) < 4.78 is 5.33. The summed E-state index contributed by atoms with van der Waals surface area (Å²) in [6, 6.07) is 19.2. The molecule has 2 heterocycles. The lowest BCUT2D eigenvalue weighted by molar-refractivity contribution is -0.137. The van der Waals surface area contributed by atoms with Crippen molar-refractivity contribution in [2.24, 2.45) is 5.92 Å². The van der Waals surface area contributed by atoms with E-state index in [-0.39, 0.29) is 24.2 Å². The Kier molecular flexibility index (Phi) is 7.53. The van der Waals surface area contributed by atoms with Crippen molar-refractivity contribution in [3.8, 4) is 5.75 Å². The van der Waals surface area contributed by atoms with Crippen LogP contribution in [-0.4, -0.2) is 35.2 Å². The minimum Gasteiger partial charge on any atom is -0.497 e. The van der Waals surface area contributed by atoms with Gasteiger partial charge >= 0.3 is 0 Å². The number of nitrogens with zero attached hydrogens (tertiary/aromatic N) is 2. The van der Waals surface area contributed by atoms with Gasteiger partial charge in [-0.2, -0.15) is 0 Å². The molecule has 1 aromatic heterocycles. The van der Waals surface area contributed by atoms with Crippen molar-refractivity contribution in [1.29, 1.82) is 0 Å². The monoisotopic (exact) mass is 454 g/mol. The van der Waals surface area contributed by atoms with Gasteiger partial charge in [0.1, 0.15) is 5.75 Å². The van der Waals surface area contributed by atoms with Gasteiger partial charge in [-0.15, -0.1) is 0 Å². The van der Waals surface area contributed by atoms with Crippen LogP contribution in [0.3, 0.4) is 0 Å². The first-order valence-corrected chi connectivity index (χ1v) is 11.6. The second kappa shape index (κ2) is 10.9. The van der Waals surface area contributed by atoms with E-state index in [1.165, 1.54) is 0 Å². The molecule has 2 atom stereocenters. The van der Waals surface area contributed by atoms with Crippen molar-refractivity contribution in [2.75, 3.05) is 13.7 Å². The van der Waals surface area contributed by atoms with Gasteiger partial charge in [0.15, 0.2) is 5.78 Å². The number of hydrogen-bond donors (Lipinski definition) is 0. The first-order valence-electron chi connectivity index (χ1n) is 11.6. The SMILES string of the molecule is COc1ccc(C)c(C(=O)C[C@H](Cc2ccccc2)C(=O)N2CC=CCC2c2cccnc2)c1. The lowest BCUT2D eigenvalue weighted by Crippen LogP contribution is -2.42. The summed E-state index contributed by atoms with van der Waals surface area (Å²) in [4.78, 5) is 33.5. The quantitative estimate of drug-likeness (QED) is 0.340. The number of carbonyl (C=O) groups is 2. The summed E-state index contributed by atoms with van der Waals surface area (Å²) in [5, 5.41) is 0. The Labute approximate surface area is 201 Å². The molecule has 0 saturated heterocycles. The Morgan fingerprint density at radius 2 is 1.91 bits per heavy atom. The maximum Gasteiger partial charge on any atom is 0.227 e. The number of methoxy groups -OCH3 is 1. The van der Waals surface area contributed by atoms with Crippen molar-refractivity contribution in [1.82, 2.24) is 9.88 Å². The van der Waals surface area contributed by atoms with E-state index in [4.69, 9.17) is 4.74 Å². The highest BCUT2D eigenvalue weighted by atomic mass is 16.5. The van der Waals surface area contributed by atoms with Crippen LogP contribution in [0.15, 0.2) is 85.2 Å². The van der Waals surface area contributed by atoms with Crippen molar-refractivity contribution in [2.45, 2.75) is 32.2 Å². The van der Waals surface area contributed by atoms with Crippen molar-refractivity contribution in [3.05, 3.63) is 107 Å². The highest BCUT2D eigenvalue weighted by Gasteiger charge is 2.33. The first kappa shape index (κ1) is 23.4. The minimum atomic E-state index is -0.467. The van der Waals surface area contributed by atoms with Crippen LogP contribution in [0.4, 0.5) is 0 Å². The molecule has 5 heteroatoms. The first-order chi connectivity index (χ1) is 16.6. The number of ether oxygens (including phenoxy) is 1. The van der Waals surface area contributed by atoms with Gasteiger partial charge in [-0.3, -0.25) is 14.6 Å². The van der Waals surface area contributed by atoms with Gasteiger partial charge in [0, 0.05) is 36.8 Å². The minimum absolute atomic E-state index is 0.00375. The molecule has 1 aliphatic rings. The number of ketones is 1. The number of benzene rings is 2. The average molecular weight is 455 g/mol. The number of pyridine rings is 1. The second-order valence-corrected chi connectivity index (χ2v) is 8.69. The Balaban J connectivity index is 1.63. The van der Waals surface area contributed by atoms with E-state index in [9.17, 15) is 9.59 Å². The van der Waals surface area contributed by atoms with Crippen LogP contribution < -0.4 is 4.74 Å². The van der Waals surface area contributed by atoms with E-state index in [0.29, 0.717) is 24.3 Å². The number of hydrogen-bond acceptors (Lipinski definition) is 4. The maximum absolute atomic E-state index is 14.0. The van der Waals surface area contributed by atoms with Crippen LogP contribution >= 0.6 is 0 Å². The lowest BCUT2D eigenvalue weighted by atomic mass is 9.88. The van der Waals surface area contributed by atoms with Gasteiger partial charge < -0.3 is 9.64 Å². The molecule has 3 aromatic rings. The molecule has 5 nitrogen and oxygen atoms in total. The topological polar surface area (TPSA) is 59.5 Å². The fraction of sp³-hybridized carbons (Fsp3) is 0.276. The molecule has 4 rings (SSSR count). The maximum atomic E-state index is 14.0. The zero-order valence-electron chi connectivity index (χ0n) is 19.7. The summed E-state index contributed by atoms with van der Waals surface area (Å²) >= 11 is 0. The highest BCUT2D eigenvalue weighted by Crippen LogP contribution is 2.31. The fourth-order valence-electron chi connectivity index (χ4n) is 4.54. The Morgan fingerprint density at radius 3 is 2.65 bits per heavy atom. The third kappa shape index (κ3) is 5.42. The van der Waals surface area contributed by atoms with E-state index in [2.05, 4.69) is 11.1 Å². The third-order valence-corrected chi connectivity index (χ3v) is 6.41. The number of rotatable bonds is 8. The summed E-state index contributed by atoms with van der Waals surface area (Å²) in [5.41, 5.74) is 3.54. The largest absolute Gasteiger partial charge is 0.497 e. The predicted molar refractivity (Wildman–Crippen MR) is 133 cm³/mol. The molecule has 0 bridgehead atoms. The van der Waals surface area contributed by atoms with Crippen molar-refractivity contribution < 1.29 is 14.3 Å². The van der Waals surface area contributed by atoms with Gasteiger partial charge in [-0.25, -0.2) is 0 Å². The number of Topliss-reactive ketones (excluding diaryl/α,β-unsaturated/α-hetero) is 1. The van der Waals surface area contributed by atoms with Crippen LogP contribution in [0.5, 0.6) is 5.75 Å². The Hall–Kier alpha value is -3.73. The van der Waals surface area contributed by atoms with Crippen LogP contribution in [0, 0.1) is 12.8 Å². The number of aryl methyl sites for hydroxylation is 1. The molecule has 2 aromatic carbocycles. The summed E-state index contributed by atoms with van der Waals surface area (Å²) in [5.74, 6) is 0.121. The number of amides is 1. The predicted octanol–water partition coefficient (Wildman–Crippen LogP) is 5.36. The lowest BCUT2D eigenvalue weighted by Gasteiger charge is -2.35. The van der Waals surface area contributed by atoms with Crippen molar-refractivity contribution in [3.63, 3.8) is 0 Å². The van der Waals surface area contributed by atoms with Crippen LogP contribution in [0.2, 0.25) is 0 Å². The number of aromatic nitrogens is 1. The van der Waals surface area contributed by atoms with Gasteiger partial charge in [-0.1, -0.05) is 54.6 Å². The van der Waals surface area contributed by atoms with Crippen LogP contribution in [0.25, 0.3) is 0 Å². The van der Waals surface area contributed by atoms with E-state index in [0.717, 1.165) is 23.1 Å². The van der Waals surface area contributed by atoms with E-state index in [1.807, 2.05) is 78.7 Å². The molecule has 34 heavy (non-hydrogen) atoms. The van der Waals surface area contributed by atoms with E-state index >= 15 is 0 Å². The molecule has 1 aliphatic heterocycles. The molecule has 0 radical (unpaired) electrons. The summed E-state index contributed by atoms with van der Waals surface area (Å²) in [7, 11) is 1.59. The molecular formula is C29H30N2O3. The van der Waals surface area contributed by atoms with Gasteiger partial charge in [0.25, 0.3) is 0 Å². The van der Waals surface area contributed by atoms with Gasteiger partial charge in [-0.05, 0) is 54.7 Å². The average Bonchev–Trinajstić information content (AvgIpc) is 2.89. The fourth-order valence-corrected chi connectivity index (χ4v) is 4.54. The van der Waals surface area contributed by atoms with Crippen LogP contribution in [0.1, 0.15) is 45.9 Å². The zero-order valence-corrected chi connectivity index (χ0v) is 19.7. The Morgan fingerprint density at radius 1 is 1.09 bits per heavy atom. The Bertz CT molecular complexity index is 1160. The standard InChI is InChI=1S/C29H30N2O3/c1-21-13-14-25(34-2)19-26(21)28(32)18-24(17-22-9-4-3-5-10-22)29(33)31-16-7-6-12-27(31)23-11-8-15-30-20-23/h3-11,13-15,19-20,24,27H,12,16-18H2,1-2H3/t24-,27?/m0/s1. The molecular weight excluding hydrogens is 424 g/mol. The number of carbonyl (C=O) groups excluding carboxylic acids is 2. The highest BCUT2D eigenvalue weighted by molar-refractivity contribution is 6.00. The van der Waals surface area contributed by atoms with Crippen LogP contribution in [-0.2, 0) is 11.2 Å². The molecule has 174 valence electrons. The molecule has 1 unspecified atom stereocenters. The summed E-state index contributed by atoms with van der Waals surface area (Å²) in [6.45, 7) is 2.44. The molecule has 0 fully saturated rings. The van der Waals surface area contributed by atoms with E-state index < -0.39 is 5.92 Å². The van der Waals surface area contributed by atoms with E-state index in [1.54, 1.807) is 19.4 Å². The van der Waals surface area contributed by atoms with Gasteiger partial charge in [0.05, 0.1) is 13.2 Å². The molecule has 0 aliphatic carbocycles. The second-order valence-electron chi connectivity index (χ2n) is 8.69. The molecule has 0 N–H and O–H groups in total. The third-order valence-electron chi connectivity index (χ3n) is 6.41. The van der Waals surface area contributed by atoms with Gasteiger partial charge in [0.2, 0.25) is 5.91 Å². The molecule has 0 saturated carbocycles. The smallest absolute Gasteiger partial charge is 0.227 e. The molecule has 0 spiro atoms. The normalized spacial score (nSPS) is 16.2.